The first kappa shape index (κ1) is 20.2. The summed E-state index contributed by atoms with van der Waals surface area (Å²) in [6.45, 7) is 2.36. The molecular weight excluding hydrogens is 422 g/mol. The molecule has 0 radical (unpaired) electrons. The summed E-state index contributed by atoms with van der Waals surface area (Å²) in [7, 11) is 0. The summed E-state index contributed by atoms with van der Waals surface area (Å²) in [5, 5.41) is 12.7. The van der Waals surface area contributed by atoms with E-state index in [1.165, 1.54) is 11.8 Å². The molecule has 9 heteroatoms. The molecule has 0 aliphatic rings. The molecule has 1 N–H and O–H groups in total. The summed E-state index contributed by atoms with van der Waals surface area (Å²) in [4.78, 5) is 16.6. The van der Waals surface area contributed by atoms with E-state index in [2.05, 4.69) is 20.5 Å². The van der Waals surface area contributed by atoms with Crippen molar-refractivity contribution in [2.75, 3.05) is 11.1 Å². The third-order valence-corrected chi connectivity index (χ3v) is 5.69. The van der Waals surface area contributed by atoms with Crippen molar-refractivity contribution in [3.8, 4) is 11.4 Å². The second-order valence-corrected chi connectivity index (χ2v) is 7.86. The number of aryl methyl sites for hydroxylation is 1. The number of amides is 1. The van der Waals surface area contributed by atoms with Gasteiger partial charge in [0, 0.05) is 28.7 Å². The first-order valence-electron chi connectivity index (χ1n) is 9.15. The van der Waals surface area contributed by atoms with Crippen LogP contribution in [0.5, 0.6) is 0 Å². The molecule has 4 aromatic rings. The molecule has 4 rings (SSSR count). The standard InChI is InChI=1S/C21H18ClN5O2S/c1-14-6-7-16(10-18(14)22)24-19(28)13-30-21-26-25-20(15-4-2-8-23-11-15)27(21)12-17-5-3-9-29-17/h2-11H,12-13H2,1H3,(H,24,28). The zero-order chi connectivity index (χ0) is 20.9. The minimum atomic E-state index is -0.157. The van der Waals surface area contributed by atoms with Gasteiger partial charge in [-0.15, -0.1) is 10.2 Å². The third kappa shape index (κ3) is 4.72. The molecular formula is C21H18ClN5O2S. The van der Waals surface area contributed by atoms with Crippen LogP contribution in [0.15, 0.2) is 70.7 Å². The lowest BCUT2D eigenvalue weighted by molar-refractivity contribution is -0.113. The van der Waals surface area contributed by atoms with E-state index in [1.807, 2.05) is 47.9 Å². The highest BCUT2D eigenvalue weighted by Gasteiger charge is 2.17. The molecule has 0 saturated carbocycles. The van der Waals surface area contributed by atoms with E-state index >= 15 is 0 Å². The highest BCUT2D eigenvalue weighted by Crippen LogP contribution is 2.25. The molecule has 0 fully saturated rings. The Hall–Kier alpha value is -3.10. The molecule has 1 amide bonds. The van der Waals surface area contributed by atoms with Crippen molar-refractivity contribution in [1.29, 1.82) is 0 Å². The minimum Gasteiger partial charge on any atom is -0.467 e. The van der Waals surface area contributed by atoms with Gasteiger partial charge in [0.25, 0.3) is 0 Å². The van der Waals surface area contributed by atoms with Crippen LogP contribution in [0.4, 0.5) is 5.69 Å². The predicted octanol–water partition coefficient (Wildman–Crippen LogP) is 4.67. The number of thioether (sulfide) groups is 1. The molecule has 3 heterocycles. The monoisotopic (exact) mass is 439 g/mol. The number of benzene rings is 1. The average molecular weight is 440 g/mol. The number of nitrogens with one attached hydrogen (secondary N) is 1. The second kappa shape index (κ2) is 9.15. The number of furan rings is 1. The normalized spacial score (nSPS) is 10.9. The van der Waals surface area contributed by atoms with Gasteiger partial charge in [-0.3, -0.25) is 14.3 Å². The van der Waals surface area contributed by atoms with Crippen LogP contribution in [0.2, 0.25) is 5.02 Å². The van der Waals surface area contributed by atoms with Crippen LogP contribution in [0.25, 0.3) is 11.4 Å². The number of halogens is 1. The molecule has 152 valence electrons. The van der Waals surface area contributed by atoms with E-state index < -0.39 is 0 Å². The molecule has 0 unspecified atom stereocenters. The Morgan fingerprint density at radius 2 is 2.13 bits per heavy atom. The Bertz CT molecular complexity index is 1150. The fourth-order valence-corrected chi connectivity index (χ4v) is 3.72. The molecule has 1 aromatic carbocycles. The summed E-state index contributed by atoms with van der Waals surface area (Å²) < 4.78 is 7.40. The van der Waals surface area contributed by atoms with E-state index in [0.29, 0.717) is 28.2 Å². The van der Waals surface area contributed by atoms with Gasteiger partial charge in [-0.25, -0.2) is 0 Å². The molecule has 3 aromatic heterocycles. The molecule has 0 aliphatic carbocycles. The van der Waals surface area contributed by atoms with Crippen molar-refractivity contribution in [3.05, 3.63) is 77.5 Å². The van der Waals surface area contributed by atoms with Crippen LogP contribution >= 0.6 is 23.4 Å². The van der Waals surface area contributed by atoms with E-state index in [-0.39, 0.29) is 11.7 Å². The summed E-state index contributed by atoms with van der Waals surface area (Å²) in [5.41, 5.74) is 2.45. The average Bonchev–Trinajstić information content (AvgIpc) is 3.40. The van der Waals surface area contributed by atoms with Gasteiger partial charge in [-0.1, -0.05) is 29.4 Å². The summed E-state index contributed by atoms with van der Waals surface area (Å²) in [6, 6.07) is 12.9. The summed E-state index contributed by atoms with van der Waals surface area (Å²) in [5.74, 6) is 1.44. The predicted molar refractivity (Wildman–Crippen MR) is 117 cm³/mol. The summed E-state index contributed by atoms with van der Waals surface area (Å²) in [6.07, 6.45) is 5.05. The Morgan fingerprint density at radius 1 is 1.23 bits per heavy atom. The number of carbonyl (C=O) groups is 1. The van der Waals surface area contributed by atoms with E-state index in [4.69, 9.17) is 16.0 Å². The quantitative estimate of drug-likeness (QED) is 0.421. The molecule has 0 atom stereocenters. The third-order valence-electron chi connectivity index (χ3n) is 4.32. The van der Waals surface area contributed by atoms with Gasteiger partial charge in [0.15, 0.2) is 11.0 Å². The van der Waals surface area contributed by atoms with Gasteiger partial charge in [0.05, 0.1) is 18.6 Å². The van der Waals surface area contributed by atoms with Crippen LogP contribution in [-0.4, -0.2) is 31.4 Å². The number of rotatable bonds is 7. The lowest BCUT2D eigenvalue weighted by atomic mass is 10.2. The molecule has 30 heavy (non-hydrogen) atoms. The number of hydrogen-bond acceptors (Lipinski definition) is 6. The summed E-state index contributed by atoms with van der Waals surface area (Å²) >= 11 is 7.43. The molecule has 0 spiro atoms. The Morgan fingerprint density at radius 3 is 2.87 bits per heavy atom. The van der Waals surface area contributed by atoms with Crippen LogP contribution < -0.4 is 5.32 Å². The van der Waals surface area contributed by atoms with Crippen LogP contribution in [0, 0.1) is 6.92 Å². The van der Waals surface area contributed by atoms with Crippen LogP contribution in [-0.2, 0) is 11.3 Å². The maximum atomic E-state index is 12.4. The Kier molecular flexibility index (Phi) is 6.15. The lowest BCUT2D eigenvalue weighted by Gasteiger charge is -2.09. The van der Waals surface area contributed by atoms with Gasteiger partial charge in [0.1, 0.15) is 5.76 Å². The number of carbonyl (C=O) groups excluding carboxylic acids is 1. The van der Waals surface area contributed by atoms with Crippen molar-refractivity contribution in [2.24, 2.45) is 0 Å². The highest BCUT2D eigenvalue weighted by molar-refractivity contribution is 7.99. The Balaban J connectivity index is 1.51. The number of nitrogens with zero attached hydrogens (tertiary/aromatic N) is 4. The van der Waals surface area contributed by atoms with Gasteiger partial charge in [0.2, 0.25) is 5.91 Å². The van der Waals surface area contributed by atoms with E-state index in [0.717, 1.165) is 16.9 Å². The van der Waals surface area contributed by atoms with Crippen LogP contribution in [0.3, 0.4) is 0 Å². The fraction of sp³-hybridized carbons (Fsp3) is 0.143. The topological polar surface area (TPSA) is 85.8 Å². The molecule has 0 saturated heterocycles. The van der Waals surface area contributed by atoms with Crippen molar-refractivity contribution in [2.45, 2.75) is 18.6 Å². The van der Waals surface area contributed by atoms with Gasteiger partial charge >= 0.3 is 0 Å². The lowest BCUT2D eigenvalue weighted by Crippen LogP contribution is -2.15. The maximum absolute atomic E-state index is 12.4. The number of pyridine rings is 1. The van der Waals surface area contributed by atoms with Crippen LogP contribution in [0.1, 0.15) is 11.3 Å². The number of aromatic nitrogens is 4. The van der Waals surface area contributed by atoms with E-state index in [9.17, 15) is 4.79 Å². The SMILES string of the molecule is Cc1ccc(NC(=O)CSc2nnc(-c3cccnc3)n2Cc2ccco2)cc1Cl. The van der Waals surface area contributed by atoms with E-state index in [1.54, 1.807) is 24.7 Å². The Labute approximate surface area is 182 Å². The minimum absolute atomic E-state index is 0.157. The number of anilines is 1. The molecule has 0 bridgehead atoms. The van der Waals surface area contributed by atoms with Gasteiger partial charge in [-0.05, 0) is 48.9 Å². The van der Waals surface area contributed by atoms with Crippen molar-refractivity contribution in [1.82, 2.24) is 19.7 Å². The van der Waals surface area contributed by atoms with Crippen molar-refractivity contribution in [3.63, 3.8) is 0 Å². The maximum Gasteiger partial charge on any atom is 0.234 e. The smallest absolute Gasteiger partial charge is 0.234 e. The van der Waals surface area contributed by atoms with Crippen molar-refractivity contribution < 1.29 is 9.21 Å². The first-order chi connectivity index (χ1) is 14.6. The molecule has 7 nitrogen and oxygen atoms in total. The van der Waals surface area contributed by atoms with Gasteiger partial charge < -0.3 is 9.73 Å². The highest BCUT2D eigenvalue weighted by atomic mass is 35.5. The largest absolute Gasteiger partial charge is 0.467 e. The van der Waals surface area contributed by atoms with Gasteiger partial charge in [-0.2, -0.15) is 0 Å². The van der Waals surface area contributed by atoms with Crippen molar-refractivity contribution >= 4 is 35.0 Å². The first-order valence-corrected chi connectivity index (χ1v) is 10.5. The molecule has 0 aliphatic heterocycles. The second-order valence-electron chi connectivity index (χ2n) is 6.51. The zero-order valence-corrected chi connectivity index (χ0v) is 17.7. The number of hydrogen-bond donors (Lipinski definition) is 1. The fourth-order valence-electron chi connectivity index (χ4n) is 2.80. The zero-order valence-electron chi connectivity index (χ0n) is 16.1.